The third-order valence-electron chi connectivity index (χ3n) is 4.12. The van der Waals surface area contributed by atoms with Crippen LogP contribution in [-0.2, 0) is 9.84 Å². The van der Waals surface area contributed by atoms with Crippen LogP contribution in [0, 0.1) is 5.82 Å². The molecule has 1 N–H and O–H groups in total. The van der Waals surface area contributed by atoms with Gasteiger partial charge < -0.3 is 9.73 Å². The first-order valence-corrected chi connectivity index (χ1v) is 8.80. The van der Waals surface area contributed by atoms with E-state index in [0.29, 0.717) is 23.2 Å². The highest BCUT2D eigenvalue weighted by Crippen LogP contribution is 2.33. The molecule has 3 rings (SSSR count). The van der Waals surface area contributed by atoms with Crippen molar-refractivity contribution in [2.75, 3.05) is 12.8 Å². The minimum absolute atomic E-state index is 0.227. The van der Waals surface area contributed by atoms with E-state index in [2.05, 4.69) is 5.32 Å². The van der Waals surface area contributed by atoms with Crippen LogP contribution < -0.4 is 5.32 Å². The molecule has 1 aromatic heterocycles. The molecule has 2 atom stereocenters. The molecule has 1 fully saturated rings. The van der Waals surface area contributed by atoms with Gasteiger partial charge in [0.25, 0.3) is 0 Å². The Balaban J connectivity index is 2.01. The Kier molecular flexibility index (Phi) is 3.75. The standard InChI is InChI=1S/C15H18FNO3S/c1-17-15(14-4-2-3-7-21(14,18)19)13-9-10-8-11(16)5-6-12(10)20-13/h5-6,8-9,14-15,17H,2-4,7H2,1H3. The van der Waals surface area contributed by atoms with Crippen LogP contribution in [0.25, 0.3) is 11.0 Å². The zero-order valence-corrected chi connectivity index (χ0v) is 12.6. The van der Waals surface area contributed by atoms with Gasteiger partial charge in [0.2, 0.25) is 0 Å². The van der Waals surface area contributed by atoms with Gasteiger partial charge in [-0.3, -0.25) is 0 Å². The van der Waals surface area contributed by atoms with Crippen LogP contribution in [0.1, 0.15) is 31.1 Å². The smallest absolute Gasteiger partial charge is 0.155 e. The van der Waals surface area contributed by atoms with E-state index in [4.69, 9.17) is 4.42 Å². The average molecular weight is 311 g/mol. The first-order chi connectivity index (χ1) is 10.0. The molecule has 0 spiro atoms. The van der Waals surface area contributed by atoms with Crippen molar-refractivity contribution in [1.29, 1.82) is 0 Å². The predicted molar refractivity (Wildman–Crippen MR) is 79.4 cm³/mol. The highest BCUT2D eigenvalue weighted by molar-refractivity contribution is 7.92. The summed E-state index contributed by atoms with van der Waals surface area (Å²) in [6.07, 6.45) is 2.25. The maximum absolute atomic E-state index is 13.3. The molecule has 1 aromatic carbocycles. The Morgan fingerprint density at radius 3 is 2.86 bits per heavy atom. The minimum Gasteiger partial charge on any atom is -0.459 e. The topological polar surface area (TPSA) is 59.3 Å². The number of nitrogens with one attached hydrogen (secondary N) is 1. The van der Waals surface area contributed by atoms with Crippen molar-refractivity contribution < 1.29 is 17.2 Å². The van der Waals surface area contributed by atoms with Crippen molar-refractivity contribution in [2.24, 2.45) is 0 Å². The molecule has 2 heterocycles. The second-order valence-electron chi connectivity index (χ2n) is 5.50. The molecule has 0 bridgehead atoms. The molecule has 1 saturated heterocycles. The molecule has 21 heavy (non-hydrogen) atoms. The second kappa shape index (κ2) is 5.42. The van der Waals surface area contributed by atoms with Crippen LogP contribution in [0.3, 0.4) is 0 Å². The Morgan fingerprint density at radius 2 is 2.14 bits per heavy atom. The lowest BCUT2D eigenvalue weighted by atomic mass is 10.0. The summed E-state index contributed by atoms with van der Waals surface area (Å²) in [4.78, 5) is 0. The van der Waals surface area contributed by atoms with E-state index in [1.807, 2.05) is 0 Å². The summed E-state index contributed by atoms with van der Waals surface area (Å²) in [7, 11) is -1.40. The maximum atomic E-state index is 13.3. The Hall–Kier alpha value is -1.40. The fraction of sp³-hybridized carbons (Fsp3) is 0.467. The highest BCUT2D eigenvalue weighted by Gasteiger charge is 2.37. The Labute approximate surface area is 123 Å². The average Bonchev–Trinajstić information content (AvgIpc) is 2.84. The molecular weight excluding hydrogens is 293 g/mol. The largest absolute Gasteiger partial charge is 0.459 e. The zero-order valence-electron chi connectivity index (χ0n) is 11.8. The summed E-state index contributed by atoms with van der Waals surface area (Å²) in [6.45, 7) is 0. The van der Waals surface area contributed by atoms with Crippen molar-refractivity contribution in [3.8, 4) is 0 Å². The fourth-order valence-electron chi connectivity index (χ4n) is 3.05. The molecule has 114 valence electrons. The number of hydrogen-bond donors (Lipinski definition) is 1. The van der Waals surface area contributed by atoms with Gasteiger partial charge in [-0.2, -0.15) is 0 Å². The molecule has 0 radical (unpaired) electrons. The lowest BCUT2D eigenvalue weighted by Crippen LogP contribution is -2.39. The number of sulfone groups is 1. The maximum Gasteiger partial charge on any atom is 0.155 e. The number of rotatable bonds is 3. The van der Waals surface area contributed by atoms with Crippen molar-refractivity contribution >= 4 is 20.8 Å². The van der Waals surface area contributed by atoms with Gasteiger partial charge in [-0.15, -0.1) is 0 Å². The van der Waals surface area contributed by atoms with Gasteiger partial charge >= 0.3 is 0 Å². The third kappa shape index (κ3) is 2.70. The predicted octanol–water partition coefficient (Wildman–Crippen LogP) is 2.80. The van der Waals surface area contributed by atoms with Crippen LogP contribution >= 0.6 is 0 Å². The van der Waals surface area contributed by atoms with Gasteiger partial charge in [0.1, 0.15) is 17.2 Å². The van der Waals surface area contributed by atoms with Crippen molar-refractivity contribution in [2.45, 2.75) is 30.6 Å². The molecule has 1 aliphatic heterocycles. The molecule has 0 amide bonds. The summed E-state index contributed by atoms with van der Waals surface area (Å²) in [5.41, 5.74) is 0.569. The highest BCUT2D eigenvalue weighted by atomic mass is 32.2. The van der Waals surface area contributed by atoms with E-state index in [1.54, 1.807) is 19.2 Å². The number of halogens is 1. The molecular formula is C15H18FNO3S. The summed E-state index contributed by atoms with van der Waals surface area (Å²) < 4.78 is 43.5. The van der Waals surface area contributed by atoms with Crippen molar-refractivity contribution in [1.82, 2.24) is 5.32 Å². The normalized spacial score (nSPS) is 23.2. The van der Waals surface area contributed by atoms with Crippen molar-refractivity contribution in [3.63, 3.8) is 0 Å². The SMILES string of the molecule is CNC(c1cc2cc(F)ccc2o1)C1CCCCS1(=O)=O. The van der Waals surface area contributed by atoms with Crippen molar-refractivity contribution in [3.05, 3.63) is 35.8 Å². The van der Waals surface area contributed by atoms with Gasteiger partial charge in [0, 0.05) is 5.39 Å². The summed E-state index contributed by atoms with van der Waals surface area (Å²) >= 11 is 0. The molecule has 0 aliphatic carbocycles. The van der Waals surface area contributed by atoms with E-state index in [1.165, 1.54) is 12.1 Å². The number of fused-ring (bicyclic) bond motifs is 1. The lowest BCUT2D eigenvalue weighted by Gasteiger charge is -2.28. The first kappa shape index (κ1) is 14.5. The lowest BCUT2D eigenvalue weighted by molar-refractivity contribution is 0.406. The minimum atomic E-state index is -3.13. The molecule has 6 heteroatoms. The van der Waals surface area contributed by atoms with E-state index in [-0.39, 0.29) is 11.6 Å². The summed E-state index contributed by atoms with van der Waals surface area (Å²) in [6, 6.07) is 5.62. The summed E-state index contributed by atoms with van der Waals surface area (Å²) in [5.74, 6) is 0.444. The van der Waals surface area contributed by atoms with Gasteiger partial charge in [0.15, 0.2) is 9.84 Å². The molecule has 0 saturated carbocycles. The van der Waals surface area contributed by atoms with E-state index < -0.39 is 21.1 Å². The monoisotopic (exact) mass is 311 g/mol. The van der Waals surface area contributed by atoms with Crippen LogP contribution in [0.2, 0.25) is 0 Å². The fourth-order valence-corrected chi connectivity index (χ4v) is 5.17. The van der Waals surface area contributed by atoms with E-state index in [9.17, 15) is 12.8 Å². The van der Waals surface area contributed by atoms with E-state index >= 15 is 0 Å². The third-order valence-corrected chi connectivity index (χ3v) is 6.40. The number of benzene rings is 1. The van der Waals surface area contributed by atoms with E-state index in [0.717, 1.165) is 12.8 Å². The molecule has 1 aliphatic rings. The van der Waals surface area contributed by atoms with Gasteiger partial charge in [-0.25, -0.2) is 12.8 Å². The number of furan rings is 1. The van der Waals surface area contributed by atoms with Gasteiger partial charge in [0.05, 0.1) is 17.0 Å². The van der Waals surface area contributed by atoms with Gasteiger partial charge in [-0.05, 0) is 44.2 Å². The Bertz CT molecular complexity index is 753. The van der Waals surface area contributed by atoms with Crippen LogP contribution in [-0.4, -0.2) is 26.5 Å². The van der Waals surface area contributed by atoms with Crippen LogP contribution in [0.5, 0.6) is 0 Å². The molecule has 2 unspecified atom stereocenters. The van der Waals surface area contributed by atoms with Crippen LogP contribution in [0.15, 0.2) is 28.7 Å². The molecule has 2 aromatic rings. The number of hydrogen-bond acceptors (Lipinski definition) is 4. The first-order valence-electron chi connectivity index (χ1n) is 7.09. The second-order valence-corrected chi connectivity index (χ2v) is 7.84. The quantitative estimate of drug-likeness (QED) is 0.947. The van der Waals surface area contributed by atoms with Crippen LogP contribution in [0.4, 0.5) is 4.39 Å². The van der Waals surface area contributed by atoms with Gasteiger partial charge in [-0.1, -0.05) is 6.42 Å². The Morgan fingerprint density at radius 1 is 1.33 bits per heavy atom. The zero-order chi connectivity index (χ0) is 15.0. The summed E-state index contributed by atoms with van der Waals surface area (Å²) in [5, 5.41) is 3.22. The molecule has 4 nitrogen and oxygen atoms in total.